The van der Waals surface area contributed by atoms with Crippen molar-refractivity contribution in [1.82, 2.24) is 25.4 Å². The summed E-state index contributed by atoms with van der Waals surface area (Å²) in [5.41, 5.74) is 1.69. The third-order valence-corrected chi connectivity index (χ3v) is 5.16. The largest absolute Gasteiger partial charge is 0.359 e. The fourth-order valence-electron chi connectivity index (χ4n) is 3.64. The zero-order valence-corrected chi connectivity index (χ0v) is 16.4. The molecule has 3 amide bonds. The van der Waals surface area contributed by atoms with Gasteiger partial charge in [-0.05, 0) is 43.9 Å². The highest BCUT2D eigenvalue weighted by Gasteiger charge is 2.23. The molecule has 8 heteroatoms. The Morgan fingerprint density at radius 1 is 1.29 bits per heavy atom. The molecule has 150 valence electrons. The average molecular weight is 384 g/mol. The molecule has 1 aromatic heterocycles. The van der Waals surface area contributed by atoms with Crippen molar-refractivity contribution < 1.29 is 9.59 Å². The summed E-state index contributed by atoms with van der Waals surface area (Å²) >= 11 is 0. The summed E-state index contributed by atoms with van der Waals surface area (Å²) in [5, 5.41) is 16.7. The van der Waals surface area contributed by atoms with Crippen molar-refractivity contribution in [2.75, 3.05) is 12.4 Å². The second-order valence-corrected chi connectivity index (χ2v) is 7.23. The number of anilines is 1. The van der Waals surface area contributed by atoms with E-state index < -0.39 is 0 Å². The normalized spacial score (nSPS) is 15.2. The second-order valence-electron chi connectivity index (χ2n) is 7.23. The van der Waals surface area contributed by atoms with Gasteiger partial charge >= 0.3 is 6.03 Å². The molecule has 0 unspecified atom stereocenters. The van der Waals surface area contributed by atoms with Crippen LogP contribution < -0.4 is 16.0 Å². The highest BCUT2D eigenvalue weighted by molar-refractivity contribution is 5.89. The quantitative estimate of drug-likeness (QED) is 0.683. The van der Waals surface area contributed by atoms with Crippen LogP contribution in [-0.4, -0.2) is 33.8 Å². The number of hydrogen-bond donors (Lipinski definition) is 3. The molecule has 1 atom stereocenters. The second kappa shape index (κ2) is 9.34. The summed E-state index contributed by atoms with van der Waals surface area (Å²) in [4.78, 5) is 23.8. The number of nitrogens with one attached hydrogen (secondary N) is 3. The number of carbonyl (C=O) groups is 2. The van der Waals surface area contributed by atoms with Gasteiger partial charge in [0, 0.05) is 25.2 Å². The number of aryl methyl sites for hydroxylation is 1. The minimum atomic E-state index is -0.295. The maximum absolute atomic E-state index is 12.4. The van der Waals surface area contributed by atoms with Crippen LogP contribution in [0.5, 0.6) is 0 Å². The molecule has 1 fully saturated rings. The van der Waals surface area contributed by atoms with Crippen LogP contribution in [0.25, 0.3) is 0 Å². The zero-order chi connectivity index (χ0) is 19.9. The number of amides is 3. The number of aromatic nitrogens is 3. The van der Waals surface area contributed by atoms with Crippen molar-refractivity contribution in [3.8, 4) is 0 Å². The SMILES string of the molecule is CNC(=O)CCc1cccc(NC(=O)N[C@@H](C)c2nncn2C2CCCC2)c1. The number of hydrogen-bond acceptors (Lipinski definition) is 4. The zero-order valence-electron chi connectivity index (χ0n) is 16.4. The van der Waals surface area contributed by atoms with Crippen molar-refractivity contribution in [2.45, 2.75) is 57.5 Å². The minimum absolute atomic E-state index is 0.00342. The van der Waals surface area contributed by atoms with Gasteiger partial charge in [0.1, 0.15) is 6.33 Å². The Hall–Kier alpha value is -2.90. The highest BCUT2D eigenvalue weighted by Crippen LogP contribution is 2.31. The molecule has 0 radical (unpaired) electrons. The number of nitrogens with zero attached hydrogens (tertiary/aromatic N) is 3. The third kappa shape index (κ3) is 5.09. The molecule has 3 rings (SSSR count). The molecule has 2 aromatic rings. The van der Waals surface area contributed by atoms with Crippen LogP contribution in [0.4, 0.5) is 10.5 Å². The van der Waals surface area contributed by atoms with Crippen molar-refractivity contribution in [2.24, 2.45) is 0 Å². The van der Waals surface area contributed by atoms with Crippen LogP contribution in [0, 0.1) is 0 Å². The van der Waals surface area contributed by atoms with E-state index in [9.17, 15) is 9.59 Å². The van der Waals surface area contributed by atoms with Gasteiger partial charge in [-0.1, -0.05) is 25.0 Å². The molecular formula is C20H28N6O2. The maximum Gasteiger partial charge on any atom is 0.319 e. The summed E-state index contributed by atoms with van der Waals surface area (Å²) in [6.45, 7) is 1.91. The molecule has 0 bridgehead atoms. The molecule has 1 saturated carbocycles. The van der Waals surface area contributed by atoms with Gasteiger partial charge in [0.2, 0.25) is 5.91 Å². The summed E-state index contributed by atoms with van der Waals surface area (Å²) in [6.07, 6.45) is 7.51. The van der Waals surface area contributed by atoms with Gasteiger partial charge in [-0.3, -0.25) is 4.79 Å². The summed E-state index contributed by atoms with van der Waals surface area (Å²) in [5.74, 6) is 0.776. The molecule has 1 aliphatic rings. The van der Waals surface area contributed by atoms with Crippen molar-refractivity contribution in [3.05, 3.63) is 42.0 Å². The van der Waals surface area contributed by atoms with Crippen molar-refractivity contribution >= 4 is 17.6 Å². The maximum atomic E-state index is 12.4. The monoisotopic (exact) mass is 384 g/mol. The van der Waals surface area contributed by atoms with Crippen LogP contribution in [-0.2, 0) is 11.2 Å². The average Bonchev–Trinajstić information content (AvgIpc) is 3.37. The molecule has 0 saturated heterocycles. The summed E-state index contributed by atoms with van der Waals surface area (Å²) < 4.78 is 2.09. The van der Waals surface area contributed by atoms with Gasteiger partial charge in [0.15, 0.2) is 5.82 Å². The Balaban J connectivity index is 1.57. The number of benzene rings is 1. The van der Waals surface area contributed by atoms with Crippen LogP contribution in [0.15, 0.2) is 30.6 Å². The van der Waals surface area contributed by atoms with E-state index in [1.54, 1.807) is 13.4 Å². The van der Waals surface area contributed by atoms with Crippen LogP contribution in [0.3, 0.4) is 0 Å². The van der Waals surface area contributed by atoms with Gasteiger partial charge in [0.05, 0.1) is 6.04 Å². The first kappa shape index (κ1) is 19.9. The molecule has 1 heterocycles. The molecule has 0 spiro atoms. The standard InChI is InChI=1S/C20H28N6O2/c1-14(19-25-22-13-26(19)17-8-3-4-9-17)23-20(28)24-16-7-5-6-15(12-16)10-11-18(27)21-2/h5-7,12-14,17H,3-4,8-11H2,1-2H3,(H,21,27)(H2,23,24,28)/t14-/m0/s1. The number of urea groups is 1. The van der Waals surface area contributed by atoms with Gasteiger partial charge in [-0.25, -0.2) is 4.79 Å². The van der Waals surface area contributed by atoms with E-state index in [-0.39, 0.29) is 18.0 Å². The first-order valence-electron chi connectivity index (χ1n) is 9.83. The molecule has 3 N–H and O–H groups in total. The van der Waals surface area contributed by atoms with Gasteiger partial charge in [-0.15, -0.1) is 10.2 Å². The lowest BCUT2D eigenvalue weighted by Gasteiger charge is -2.19. The van der Waals surface area contributed by atoms with E-state index in [0.717, 1.165) is 24.2 Å². The Morgan fingerprint density at radius 2 is 2.07 bits per heavy atom. The molecule has 1 aliphatic carbocycles. The fraction of sp³-hybridized carbons (Fsp3) is 0.500. The van der Waals surface area contributed by atoms with Crippen molar-refractivity contribution in [1.29, 1.82) is 0 Å². The molecule has 0 aliphatic heterocycles. The van der Waals surface area contributed by atoms with Gasteiger partial charge in [-0.2, -0.15) is 0 Å². The van der Waals surface area contributed by atoms with E-state index in [1.165, 1.54) is 12.8 Å². The van der Waals surface area contributed by atoms with E-state index >= 15 is 0 Å². The minimum Gasteiger partial charge on any atom is -0.359 e. The predicted octanol–water partition coefficient (Wildman–Crippen LogP) is 2.95. The first-order chi connectivity index (χ1) is 13.6. The fourth-order valence-corrected chi connectivity index (χ4v) is 3.64. The lowest BCUT2D eigenvalue weighted by atomic mass is 10.1. The lowest BCUT2D eigenvalue weighted by molar-refractivity contribution is -0.120. The Kier molecular flexibility index (Phi) is 6.62. The van der Waals surface area contributed by atoms with Crippen LogP contribution in [0.2, 0.25) is 0 Å². The third-order valence-electron chi connectivity index (χ3n) is 5.16. The van der Waals surface area contributed by atoms with Crippen molar-refractivity contribution in [3.63, 3.8) is 0 Å². The first-order valence-corrected chi connectivity index (χ1v) is 9.83. The van der Waals surface area contributed by atoms with Crippen LogP contribution >= 0.6 is 0 Å². The van der Waals surface area contributed by atoms with Gasteiger partial charge < -0.3 is 20.5 Å². The Labute approximate surface area is 165 Å². The smallest absolute Gasteiger partial charge is 0.319 e. The van der Waals surface area contributed by atoms with E-state index in [4.69, 9.17) is 0 Å². The van der Waals surface area contributed by atoms with E-state index in [1.807, 2.05) is 31.2 Å². The predicted molar refractivity (Wildman–Crippen MR) is 107 cm³/mol. The number of carbonyl (C=O) groups excluding carboxylic acids is 2. The molecule has 28 heavy (non-hydrogen) atoms. The topological polar surface area (TPSA) is 101 Å². The van der Waals surface area contributed by atoms with Gasteiger partial charge in [0.25, 0.3) is 0 Å². The number of rotatable bonds is 7. The van der Waals surface area contributed by atoms with E-state index in [2.05, 4.69) is 30.7 Å². The van der Waals surface area contributed by atoms with Crippen LogP contribution in [0.1, 0.15) is 62.5 Å². The summed E-state index contributed by atoms with van der Waals surface area (Å²) in [6, 6.07) is 7.40. The molecule has 1 aromatic carbocycles. The molecular weight excluding hydrogens is 356 g/mol. The molecule has 8 nitrogen and oxygen atoms in total. The van der Waals surface area contributed by atoms with E-state index in [0.29, 0.717) is 24.6 Å². The Morgan fingerprint density at radius 3 is 2.82 bits per heavy atom. The lowest BCUT2D eigenvalue weighted by Crippen LogP contribution is -2.33. The summed E-state index contributed by atoms with van der Waals surface area (Å²) in [7, 11) is 1.62. The Bertz CT molecular complexity index is 813. The highest BCUT2D eigenvalue weighted by atomic mass is 16.2.